The number of rotatable bonds is 12. The molecule has 206 valence electrons. The van der Waals surface area contributed by atoms with Gasteiger partial charge in [-0.05, 0) is 52.0 Å². The Hall–Kier alpha value is -3.77. The topological polar surface area (TPSA) is 169 Å². The van der Waals surface area contributed by atoms with E-state index in [-0.39, 0.29) is 24.6 Å². The van der Waals surface area contributed by atoms with Crippen LogP contribution >= 0.6 is 0 Å². The van der Waals surface area contributed by atoms with E-state index in [4.69, 9.17) is 4.74 Å². The Morgan fingerprint density at radius 2 is 1.76 bits per heavy atom. The fourth-order valence-electron chi connectivity index (χ4n) is 3.12. The zero-order valence-electron chi connectivity index (χ0n) is 21.8. The minimum absolute atomic E-state index is 0.0929. The molecule has 13 heteroatoms. The standard InChI is InChI=1S/C24H36FN5O7/c1-15(2)13-19(27-23(34)37-24(3,4)5)22(33)29-28-20(31)9-7-6-8-12-26-21(32)17-14-16(30(35)36)10-11-18(17)25/h10-11,14-15,19H,6-9,12-13H2,1-5H3,(H,26,32)(H,27,34)(H,28,31)(H,29,33)/t19-/m1/s1. The van der Waals surface area contributed by atoms with Crippen LogP contribution < -0.4 is 21.5 Å². The van der Waals surface area contributed by atoms with E-state index in [2.05, 4.69) is 21.5 Å². The Bertz CT molecular complexity index is 979. The lowest BCUT2D eigenvalue weighted by molar-refractivity contribution is -0.384. The van der Waals surface area contributed by atoms with Crippen LogP contribution in [0.15, 0.2) is 18.2 Å². The van der Waals surface area contributed by atoms with Gasteiger partial charge in [-0.3, -0.25) is 35.3 Å². The van der Waals surface area contributed by atoms with Gasteiger partial charge in [0, 0.05) is 25.1 Å². The molecular formula is C24H36FN5O7. The predicted octanol–water partition coefficient (Wildman–Crippen LogP) is 3.11. The molecule has 1 rings (SSSR count). The molecule has 0 aliphatic carbocycles. The third-order valence-corrected chi connectivity index (χ3v) is 4.81. The van der Waals surface area contributed by atoms with Crippen molar-refractivity contribution in [3.63, 3.8) is 0 Å². The molecule has 1 aromatic carbocycles. The van der Waals surface area contributed by atoms with E-state index in [1.54, 1.807) is 20.8 Å². The third kappa shape index (κ3) is 12.7. The normalized spacial score (nSPS) is 11.9. The molecule has 0 aliphatic heterocycles. The van der Waals surface area contributed by atoms with E-state index in [9.17, 15) is 33.7 Å². The van der Waals surface area contributed by atoms with Gasteiger partial charge in [0.1, 0.15) is 17.5 Å². The summed E-state index contributed by atoms with van der Waals surface area (Å²) < 4.78 is 19.0. The second-order valence-corrected chi connectivity index (χ2v) is 9.85. The summed E-state index contributed by atoms with van der Waals surface area (Å²) in [5, 5.41) is 15.8. The minimum Gasteiger partial charge on any atom is -0.444 e. The molecule has 4 N–H and O–H groups in total. The van der Waals surface area contributed by atoms with Crippen LogP contribution in [0.2, 0.25) is 0 Å². The van der Waals surface area contributed by atoms with Gasteiger partial charge < -0.3 is 15.4 Å². The van der Waals surface area contributed by atoms with Crippen LogP contribution in [-0.4, -0.2) is 46.9 Å². The number of halogens is 1. The van der Waals surface area contributed by atoms with Crippen LogP contribution in [0.5, 0.6) is 0 Å². The Morgan fingerprint density at radius 1 is 1.08 bits per heavy atom. The fraction of sp³-hybridized carbons (Fsp3) is 0.583. The van der Waals surface area contributed by atoms with Gasteiger partial charge in [0.15, 0.2) is 0 Å². The maximum atomic E-state index is 13.8. The number of alkyl carbamates (subject to hydrolysis) is 1. The predicted molar refractivity (Wildman–Crippen MR) is 133 cm³/mol. The van der Waals surface area contributed by atoms with Crippen molar-refractivity contribution in [2.24, 2.45) is 5.92 Å². The largest absolute Gasteiger partial charge is 0.444 e. The van der Waals surface area contributed by atoms with Crippen molar-refractivity contribution in [1.82, 2.24) is 21.5 Å². The van der Waals surface area contributed by atoms with Gasteiger partial charge in [0.2, 0.25) is 5.91 Å². The van der Waals surface area contributed by atoms with Gasteiger partial charge in [-0.15, -0.1) is 0 Å². The number of benzene rings is 1. The van der Waals surface area contributed by atoms with Crippen LogP contribution in [0.1, 0.15) is 77.1 Å². The van der Waals surface area contributed by atoms with E-state index in [0.29, 0.717) is 25.7 Å². The summed E-state index contributed by atoms with van der Waals surface area (Å²) in [6, 6.07) is 1.82. The Morgan fingerprint density at radius 3 is 2.35 bits per heavy atom. The van der Waals surface area contributed by atoms with Gasteiger partial charge in [0.05, 0.1) is 10.5 Å². The van der Waals surface area contributed by atoms with Crippen LogP contribution in [0.25, 0.3) is 0 Å². The number of hydrogen-bond donors (Lipinski definition) is 4. The zero-order valence-corrected chi connectivity index (χ0v) is 21.8. The lowest BCUT2D eigenvalue weighted by Gasteiger charge is -2.24. The third-order valence-electron chi connectivity index (χ3n) is 4.81. The average Bonchev–Trinajstić information content (AvgIpc) is 2.77. The van der Waals surface area contributed by atoms with Crippen molar-refractivity contribution >= 4 is 29.5 Å². The van der Waals surface area contributed by atoms with Crippen molar-refractivity contribution in [2.75, 3.05) is 6.54 Å². The zero-order chi connectivity index (χ0) is 28.2. The number of hydrogen-bond acceptors (Lipinski definition) is 7. The summed E-state index contributed by atoms with van der Waals surface area (Å²) >= 11 is 0. The highest BCUT2D eigenvalue weighted by Crippen LogP contribution is 2.17. The number of nitro groups is 1. The lowest BCUT2D eigenvalue weighted by atomic mass is 10.0. The molecule has 0 unspecified atom stereocenters. The quantitative estimate of drug-likeness (QED) is 0.185. The monoisotopic (exact) mass is 525 g/mol. The highest BCUT2D eigenvalue weighted by Gasteiger charge is 2.25. The fourth-order valence-corrected chi connectivity index (χ4v) is 3.12. The van der Waals surface area contributed by atoms with Crippen LogP contribution in [0.4, 0.5) is 14.9 Å². The number of carbonyl (C=O) groups is 4. The number of hydrazine groups is 1. The molecule has 1 atom stereocenters. The van der Waals surface area contributed by atoms with Crippen LogP contribution in [0.3, 0.4) is 0 Å². The molecule has 0 aliphatic rings. The molecule has 0 aromatic heterocycles. The van der Waals surface area contributed by atoms with Crippen molar-refractivity contribution in [1.29, 1.82) is 0 Å². The van der Waals surface area contributed by atoms with Crippen molar-refractivity contribution in [3.05, 3.63) is 39.7 Å². The van der Waals surface area contributed by atoms with Crippen LogP contribution in [-0.2, 0) is 14.3 Å². The Kier molecular flexibility index (Phi) is 12.4. The molecule has 0 spiro atoms. The first-order valence-electron chi connectivity index (χ1n) is 12.0. The highest BCUT2D eigenvalue weighted by atomic mass is 19.1. The molecule has 0 radical (unpaired) electrons. The number of nitrogens with zero attached hydrogens (tertiary/aromatic N) is 1. The second-order valence-electron chi connectivity index (χ2n) is 9.85. The number of non-ortho nitro benzene ring substituents is 1. The molecule has 0 bridgehead atoms. The molecule has 0 saturated carbocycles. The number of ether oxygens (including phenoxy) is 1. The number of nitro benzene ring substituents is 1. The average molecular weight is 526 g/mol. The van der Waals surface area contributed by atoms with Gasteiger partial charge in [0.25, 0.3) is 17.5 Å². The molecule has 12 nitrogen and oxygen atoms in total. The number of nitrogens with one attached hydrogen (secondary N) is 4. The van der Waals surface area contributed by atoms with E-state index >= 15 is 0 Å². The Balaban J connectivity index is 2.36. The molecule has 1 aromatic rings. The molecule has 0 saturated heterocycles. The smallest absolute Gasteiger partial charge is 0.408 e. The minimum atomic E-state index is -0.894. The highest BCUT2D eigenvalue weighted by molar-refractivity contribution is 5.95. The maximum absolute atomic E-state index is 13.8. The van der Waals surface area contributed by atoms with Crippen molar-refractivity contribution in [3.8, 4) is 0 Å². The first kappa shape index (κ1) is 31.3. The van der Waals surface area contributed by atoms with Gasteiger partial charge in [-0.2, -0.15) is 0 Å². The van der Waals surface area contributed by atoms with Gasteiger partial charge in [-0.1, -0.05) is 20.3 Å². The first-order chi connectivity index (χ1) is 17.2. The van der Waals surface area contributed by atoms with Crippen molar-refractivity contribution in [2.45, 2.75) is 78.4 Å². The van der Waals surface area contributed by atoms with Crippen LogP contribution in [0, 0.1) is 21.8 Å². The Labute approximate surface area is 215 Å². The molecule has 37 heavy (non-hydrogen) atoms. The van der Waals surface area contributed by atoms with E-state index < -0.39 is 51.8 Å². The van der Waals surface area contributed by atoms with E-state index in [1.165, 1.54) is 0 Å². The SMILES string of the molecule is CC(C)C[C@@H](NC(=O)OC(C)(C)C)C(=O)NNC(=O)CCCCCNC(=O)c1cc([N+](=O)[O-])ccc1F. The van der Waals surface area contributed by atoms with Crippen molar-refractivity contribution < 1.29 is 33.2 Å². The molecular weight excluding hydrogens is 489 g/mol. The van der Waals surface area contributed by atoms with E-state index in [1.807, 2.05) is 13.8 Å². The summed E-state index contributed by atoms with van der Waals surface area (Å²) in [4.78, 5) is 58.7. The number of unbranched alkanes of at least 4 members (excludes halogenated alkanes) is 2. The summed E-state index contributed by atoms with van der Waals surface area (Å²) in [6.45, 7) is 9.07. The molecule has 0 fully saturated rings. The number of carbonyl (C=O) groups excluding carboxylic acids is 4. The van der Waals surface area contributed by atoms with Gasteiger partial charge in [-0.25, -0.2) is 9.18 Å². The number of amides is 4. The lowest BCUT2D eigenvalue weighted by Crippen LogP contribution is -2.53. The van der Waals surface area contributed by atoms with Gasteiger partial charge >= 0.3 is 6.09 Å². The first-order valence-corrected chi connectivity index (χ1v) is 12.0. The van der Waals surface area contributed by atoms with E-state index in [0.717, 1.165) is 18.2 Å². The summed E-state index contributed by atoms with van der Waals surface area (Å²) in [7, 11) is 0. The molecule has 4 amide bonds. The summed E-state index contributed by atoms with van der Waals surface area (Å²) in [5.41, 5.74) is 3.09. The maximum Gasteiger partial charge on any atom is 0.408 e. The second kappa shape index (κ2) is 14.7. The molecule has 0 heterocycles. The summed E-state index contributed by atoms with van der Waals surface area (Å²) in [6.07, 6.45) is 1.19. The summed E-state index contributed by atoms with van der Waals surface area (Å²) in [5.74, 6) is -2.55.